The van der Waals surface area contributed by atoms with E-state index in [9.17, 15) is 9.90 Å². The highest BCUT2D eigenvalue weighted by Crippen LogP contribution is 2.23. The monoisotopic (exact) mass is 295 g/mol. The first-order valence-electron chi connectivity index (χ1n) is 7.03. The lowest BCUT2D eigenvalue weighted by Gasteiger charge is -2.27. The van der Waals surface area contributed by atoms with E-state index in [0.717, 1.165) is 30.5 Å². The van der Waals surface area contributed by atoms with Crippen molar-refractivity contribution in [3.05, 3.63) is 28.0 Å². The fraction of sp³-hybridized carbons (Fsp3) is 0.533. The number of aliphatic hydroxyl groups is 1. The van der Waals surface area contributed by atoms with Crippen molar-refractivity contribution in [2.75, 3.05) is 13.2 Å². The molecule has 0 amide bonds. The molecule has 1 unspecified atom stereocenters. The van der Waals surface area contributed by atoms with Crippen LogP contribution in [-0.2, 0) is 11.3 Å². The Bertz CT molecular complexity index is 469. The summed E-state index contributed by atoms with van der Waals surface area (Å²) in [4.78, 5) is 15.0. The number of carboxylic acids is 1. The molecular weight excluding hydrogens is 274 g/mol. The molecule has 5 heteroatoms. The molecular formula is C15H21NO3S. The number of aliphatic hydroxyl groups excluding tert-OH is 1. The molecule has 1 fully saturated rings. The van der Waals surface area contributed by atoms with Crippen molar-refractivity contribution in [2.45, 2.75) is 38.3 Å². The molecule has 2 N–H and O–H groups in total. The highest BCUT2D eigenvalue weighted by molar-refractivity contribution is 7.12. The number of carboxylic acid groups (broad SMARTS) is 1. The molecule has 4 nitrogen and oxygen atoms in total. The standard InChI is InChI=1S/C15H21NO3S/c17-11-12-4-2-1-3-9-16(12)10-14-6-5-13(20-14)7-8-15(18)19/h5-8,12,17H,1-4,9-11H2,(H,18,19)/b8-7+. The molecule has 2 heterocycles. The molecule has 1 aromatic heterocycles. The molecule has 1 atom stereocenters. The van der Waals surface area contributed by atoms with Crippen LogP contribution < -0.4 is 0 Å². The van der Waals surface area contributed by atoms with E-state index in [1.807, 2.05) is 12.1 Å². The lowest BCUT2D eigenvalue weighted by Crippen LogP contribution is -2.36. The molecule has 0 aromatic carbocycles. The first-order valence-corrected chi connectivity index (χ1v) is 7.85. The summed E-state index contributed by atoms with van der Waals surface area (Å²) in [6.45, 7) is 2.09. The van der Waals surface area contributed by atoms with Gasteiger partial charge in [-0.2, -0.15) is 0 Å². The molecule has 110 valence electrons. The van der Waals surface area contributed by atoms with Gasteiger partial charge in [-0.05, 0) is 37.6 Å². The summed E-state index contributed by atoms with van der Waals surface area (Å²) in [6, 6.07) is 4.26. The number of hydrogen-bond acceptors (Lipinski definition) is 4. The van der Waals surface area contributed by atoms with Gasteiger partial charge in [0, 0.05) is 28.4 Å². The minimum absolute atomic E-state index is 0.219. The van der Waals surface area contributed by atoms with E-state index in [4.69, 9.17) is 5.11 Å². The fourth-order valence-electron chi connectivity index (χ4n) is 2.57. The van der Waals surface area contributed by atoms with Gasteiger partial charge in [0.05, 0.1) is 6.61 Å². The lowest BCUT2D eigenvalue weighted by atomic mass is 10.1. The maximum Gasteiger partial charge on any atom is 0.328 e. The third-order valence-electron chi connectivity index (χ3n) is 3.64. The molecule has 0 radical (unpaired) electrons. The first kappa shape index (κ1) is 15.2. The van der Waals surface area contributed by atoms with Crippen LogP contribution in [0.5, 0.6) is 0 Å². The molecule has 0 spiro atoms. The third-order valence-corrected chi connectivity index (χ3v) is 4.68. The van der Waals surface area contributed by atoms with Crippen molar-refractivity contribution in [2.24, 2.45) is 0 Å². The summed E-state index contributed by atoms with van der Waals surface area (Å²) in [5.74, 6) is -0.923. The van der Waals surface area contributed by atoms with Crippen LogP contribution in [0.3, 0.4) is 0 Å². The average molecular weight is 295 g/mol. The lowest BCUT2D eigenvalue weighted by molar-refractivity contribution is -0.131. The van der Waals surface area contributed by atoms with Gasteiger partial charge in [-0.25, -0.2) is 4.79 Å². The predicted molar refractivity (Wildman–Crippen MR) is 80.7 cm³/mol. The van der Waals surface area contributed by atoms with E-state index in [1.54, 1.807) is 17.4 Å². The Morgan fingerprint density at radius 2 is 2.25 bits per heavy atom. The zero-order chi connectivity index (χ0) is 14.4. The normalized spacial score (nSPS) is 21.1. The zero-order valence-electron chi connectivity index (χ0n) is 11.5. The summed E-state index contributed by atoms with van der Waals surface area (Å²) >= 11 is 1.61. The second kappa shape index (κ2) is 7.57. The van der Waals surface area contributed by atoms with E-state index >= 15 is 0 Å². The number of carbonyl (C=O) groups is 1. The number of rotatable bonds is 5. The average Bonchev–Trinajstić information content (AvgIpc) is 2.75. The van der Waals surface area contributed by atoms with Gasteiger partial charge in [-0.15, -0.1) is 11.3 Å². The van der Waals surface area contributed by atoms with E-state index in [-0.39, 0.29) is 12.6 Å². The molecule has 0 aliphatic carbocycles. The Kier molecular flexibility index (Phi) is 5.76. The van der Waals surface area contributed by atoms with E-state index in [2.05, 4.69) is 4.90 Å². The summed E-state index contributed by atoms with van der Waals surface area (Å²) in [5, 5.41) is 18.1. The summed E-state index contributed by atoms with van der Waals surface area (Å²) in [6.07, 6.45) is 7.48. The smallest absolute Gasteiger partial charge is 0.328 e. The first-order chi connectivity index (χ1) is 9.69. The van der Waals surface area contributed by atoms with Crippen LogP contribution in [0, 0.1) is 0 Å². The van der Waals surface area contributed by atoms with E-state index < -0.39 is 5.97 Å². The van der Waals surface area contributed by atoms with Crippen molar-refractivity contribution < 1.29 is 15.0 Å². The topological polar surface area (TPSA) is 60.8 Å². The van der Waals surface area contributed by atoms with Crippen LogP contribution in [0.15, 0.2) is 18.2 Å². The quantitative estimate of drug-likeness (QED) is 0.820. The Morgan fingerprint density at radius 3 is 3.00 bits per heavy atom. The molecule has 0 saturated carbocycles. The largest absolute Gasteiger partial charge is 0.478 e. The van der Waals surface area contributed by atoms with Crippen LogP contribution in [0.4, 0.5) is 0 Å². The molecule has 1 aromatic rings. The van der Waals surface area contributed by atoms with Gasteiger partial charge < -0.3 is 10.2 Å². The van der Waals surface area contributed by atoms with Gasteiger partial charge in [-0.3, -0.25) is 4.90 Å². The zero-order valence-corrected chi connectivity index (χ0v) is 12.3. The Morgan fingerprint density at radius 1 is 1.40 bits per heavy atom. The van der Waals surface area contributed by atoms with Gasteiger partial charge in [0.1, 0.15) is 0 Å². The highest BCUT2D eigenvalue weighted by atomic mass is 32.1. The van der Waals surface area contributed by atoms with Crippen molar-refractivity contribution >= 4 is 23.4 Å². The molecule has 0 bridgehead atoms. The predicted octanol–water partition coefficient (Wildman–Crippen LogP) is 2.58. The molecule has 20 heavy (non-hydrogen) atoms. The second-order valence-corrected chi connectivity index (χ2v) is 6.33. The van der Waals surface area contributed by atoms with Gasteiger partial charge >= 0.3 is 5.97 Å². The van der Waals surface area contributed by atoms with Crippen LogP contribution in [0.2, 0.25) is 0 Å². The van der Waals surface area contributed by atoms with Gasteiger partial charge in [0.2, 0.25) is 0 Å². The Hall–Kier alpha value is -1.17. The van der Waals surface area contributed by atoms with Gasteiger partial charge in [0.25, 0.3) is 0 Å². The minimum Gasteiger partial charge on any atom is -0.478 e. The van der Waals surface area contributed by atoms with Crippen molar-refractivity contribution in [3.8, 4) is 0 Å². The number of hydrogen-bond donors (Lipinski definition) is 2. The number of thiophene rings is 1. The number of aliphatic carboxylic acids is 1. The van der Waals surface area contributed by atoms with Crippen molar-refractivity contribution in [1.29, 1.82) is 0 Å². The van der Waals surface area contributed by atoms with Crippen LogP contribution in [-0.4, -0.2) is 40.3 Å². The summed E-state index contributed by atoms with van der Waals surface area (Å²) in [7, 11) is 0. The van der Waals surface area contributed by atoms with Crippen molar-refractivity contribution in [1.82, 2.24) is 4.90 Å². The summed E-state index contributed by atoms with van der Waals surface area (Å²) < 4.78 is 0. The maximum absolute atomic E-state index is 10.5. The van der Waals surface area contributed by atoms with E-state index in [0.29, 0.717) is 0 Å². The van der Waals surface area contributed by atoms with Crippen molar-refractivity contribution in [3.63, 3.8) is 0 Å². The molecule has 2 rings (SSSR count). The second-order valence-electron chi connectivity index (χ2n) is 5.13. The summed E-state index contributed by atoms with van der Waals surface area (Å²) in [5.41, 5.74) is 0. The fourth-order valence-corrected chi connectivity index (χ4v) is 3.52. The van der Waals surface area contributed by atoms with Crippen LogP contribution in [0.25, 0.3) is 6.08 Å². The Balaban J connectivity index is 1.99. The SMILES string of the molecule is O=C(O)/C=C/c1ccc(CN2CCCCCC2CO)s1. The number of nitrogens with zero attached hydrogens (tertiary/aromatic N) is 1. The number of likely N-dealkylation sites (tertiary alicyclic amines) is 1. The van der Waals surface area contributed by atoms with E-state index in [1.165, 1.54) is 24.1 Å². The molecule has 1 aliphatic heterocycles. The van der Waals surface area contributed by atoms with Crippen LogP contribution >= 0.6 is 11.3 Å². The highest BCUT2D eigenvalue weighted by Gasteiger charge is 2.20. The van der Waals surface area contributed by atoms with Gasteiger partial charge in [-0.1, -0.05) is 12.8 Å². The molecule has 1 saturated heterocycles. The Labute approximate surface area is 123 Å². The molecule has 1 aliphatic rings. The van der Waals surface area contributed by atoms with Crippen LogP contribution in [0.1, 0.15) is 35.4 Å². The minimum atomic E-state index is -0.923. The third kappa shape index (κ3) is 4.44. The maximum atomic E-state index is 10.5. The van der Waals surface area contributed by atoms with Gasteiger partial charge in [0.15, 0.2) is 0 Å².